The zero-order valence-corrected chi connectivity index (χ0v) is 18.2. The minimum Gasteiger partial charge on any atom is -0.339 e. The first-order valence-electron chi connectivity index (χ1n) is 10.0. The highest BCUT2D eigenvalue weighted by Gasteiger charge is 2.34. The lowest BCUT2D eigenvalue weighted by molar-refractivity contribution is 0.312. The number of pyridine rings is 2. The minimum absolute atomic E-state index is 0.0617. The maximum absolute atomic E-state index is 13.2. The molecule has 0 aliphatic carbocycles. The second-order valence-corrected chi connectivity index (χ2v) is 9.61. The summed E-state index contributed by atoms with van der Waals surface area (Å²) in [6.45, 7) is 6.39. The smallest absolute Gasteiger partial charge is 0.246 e. The molecule has 4 heterocycles. The van der Waals surface area contributed by atoms with Crippen LogP contribution < -0.4 is 5.32 Å². The zero-order chi connectivity index (χ0) is 21.3. The van der Waals surface area contributed by atoms with Crippen LogP contribution in [0.1, 0.15) is 41.4 Å². The molecule has 8 nitrogen and oxygen atoms in total. The van der Waals surface area contributed by atoms with Crippen LogP contribution in [-0.2, 0) is 10.0 Å². The molecule has 0 bridgehead atoms. The molecule has 0 saturated carbocycles. The van der Waals surface area contributed by atoms with Gasteiger partial charge in [-0.2, -0.15) is 9.40 Å². The second-order valence-electron chi connectivity index (χ2n) is 7.73. The molecule has 2 N–H and O–H groups in total. The van der Waals surface area contributed by atoms with Gasteiger partial charge >= 0.3 is 0 Å². The van der Waals surface area contributed by atoms with Gasteiger partial charge in [-0.15, -0.1) is 0 Å². The molecule has 1 atom stereocenters. The van der Waals surface area contributed by atoms with Gasteiger partial charge in [0, 0.05) is 30.9 Å². The molecular weight excluding hydrogens is 400 g/mol. The van der Waals surface area contributed by atoms with Crippen LogP contribution in [0.2, 0.25) is 0 Å². The Kier molecular flexibility index (Phi) is 5.57. The van der Waals surface area contributed by atoms with E-state index in [9.17, 15) is 8.42 Å². The molecule has 0 unspecified atom stereocenters. The Morgan fingerprint density at radius 2 is 2.00 bits per heavy atom. The van der Waals surface area contributed by atoms with Gasteiger partial charge < -0.3 is 5.32 Å². The van der Waals surface area contributed by atoms with E-state index in [1.54, 1.807) is 30.5 Å². The van der Waals surface area contributed by atoms with Gasteiger partial charge in [0.15, 0.2) is 0 Å². The van der Waals surface area contributed by atoms with Crippen LogP contribution in [-0.4, -0.2) is 46.0 Å². The standard InChI is InChI=1S/C21H26N6O2S/c1-14-6-4-10-22-21(14)24-18-8-9-19(23-12-18)17-7-5-11-27(13-17)30(28,29)20-15(2)25-26-16(20)3/h4,6,8-10,12,17H,5,7,11,13H2,1-3H3,(H,22,24)(H,25,26)/t17-/m1/s1. The van der Waals surface area contributed by atoms with Gasteiger partial charge in [-0.05, 0) is 57.4 Å². The van der Waals surface area contributed by atoms with Crippen molar-refractivity contribution in [2.75, 3.05) is 18.4 Å². The summed E-state index contributed by atoms with van der Waals surface area (Å²) in [6.07, 6.45) is 5.24. The van der Waals surface area contributed by atoms with E-state index < -0.39 is 10.0 Å². The maximum Gasteiger partial charge on any atom is 0.246 e. The fourth-order valence-electron chi connectivity index (χ4n) is 3.93. The highest BCUT2D eigenvalue weighted by Crippen LogP contribution is 2.31. The number of aromatic amines is 1. The highest BCUT2D eigenvalue weighted by molar-refractivity contribution is 7.89. The van der Waals surface area contributed by atoms with Crippen LogP contribution in [0.5, 0.6) is 0 Å². The number of sulfonamides is 1. The number of piperidine rings is 1. The van der Waals surface area contributed by atoms with Gasteiger partial charge in [-0.25, -0.2) is 13.4 Å². The Morgan fingerprint density at radius 1 is 1.17 bits per heavy atom. The summed E-state index contributed by atoms with van der Waals surface area (Å²) < 4.78 is 27.9. The topological polar surface area (TPSA) is 104 Å². The Labute approximate surface area is 176 Å². The Bertz CT molecular complexity index is 1120. The first-order chi connectivity index (χ1) is 14.4. The van der Waals surface area contributed by atoms with Crippen LogP contribution in [0.15, 0.2) is 41.6 Å². The van der Waals surface area contributed by atoms with Crippen molar-refractivity contribution < 1.29 is 8.42 Å². The van der Waals surface area contributed by atoms with E-state index in [1.165, 1.54) is 0 Å². The van der Waals surface area contributed by atoms with Crippen molar-refractivity contribution in [1.29, 1.82) is 0 Å². The van der Waals surface area contributed by atoms with Crippen LogP contribution in [0, 0.1) is 20.8 Å². The number of hydrogen-bond donors (Lipinski definition) is 2. The summed E-state index contributed by atoms with van der Waals surface area (Å²) in [5.74, 6) is 0.861. The van der Waals surface area contributed by atoms with Crippen LogP contribution in [0.25, 0.3) is 0 Å². The van der Waals surface area contributed by atoms with Crippen LogP contribution in [0.3, 0.4) is 0 Å². The lowest BCUT2D eigenvalue weighted by Crippen LogP contribution is -2.39. The van der Waals surface area contributed by atoms with Crippen molar-refractivity contribution in [1.82, 2.24) is 24.5 Å². The van der Waals surface area contributed by atoms with Gasteiger partial charge in [0.25, 0.3) is 0 Å². The van der Waals surface area contributed by atoms with Crippen molar-refractivity contribution in [3.63, 3.8) is 0 Å². The third-order valence-corrected chi connectivity index (χ3v) is 7.65. The maximum atomic E-state index is 13.2. The van der Waals surface area contributed by atoms with E-state index in [-0.39, 0.29) is 5.92 Å². The van der Waals surface area contributed by atoms with E-state index in [2.05, 4.69) is 25.5 Å². The van der Waals surface area contributed by atoms with Gasteiger partial charge in [-0.3, -0.25) is 10.1 Å². The third-order valence-electron chi connectivity index (χ3n) is 5.52. The first-order valence-corrected chi connectivity index (χ1v) is 11.5. The van der Waals surface area contributed by atoms with E-state index in [4.69, 9.17) is 0 Å². The molecule has 0 aromatic carbocycles. The van der Waals surface area contributed by atoms with Gasteiger partial charge in [0.05, 0.1) is 23.3 Å². The average Bonchev–Trinajstić information content (AvgIpc) is 3.09. The predicted octanol–water partition coefficient (Wildman–Crippen LogP) is 3.44. The van der Waals surface area contributed by atoms with E-state index >= 15 is 0 Å². The van der Waals surface area contributed by atoms with Gasteiger partial charge in [0.2, 0.25) is 10.0 Å². The Morgan fingerprint density at radius 3 is 2.67 bits per heavy atom. The number of aromatic nitrogens is 4. The molecule has 3 aromatic rings. The third kappa shape index (κ3) is 3.95. The SMILES string of the molecule is Cc1cccnc1Nc1ccc([C@@H]2CCCN(S(=O)(=O)c3c(C)n[nH]c3C)C2)nc1. The molecule has 4 rings (SSSR count). The minimum atomic E-state index is -3.58. The molecule has 1 fully saturated rings. The molecule has 1 saturated heterocycles. The molecule has 0 radical (unpaired) electrons. The molecule has 3 aromatic heterocycles. The van der Waals surface area contributed by atoms with Crippen molar-refractivity contribution in [2.45, 2.75) is 44.4 Å². The van der Waals surface area contributed by atoms with Gasteiger partial charge in [-0.1, -0.05) is 6.07 Å². The van der Waals surface area contributed by atoms with Gasteiger partial charge in [0.1, 0.15) is 10.7 Å². The lowest BCUT2D eigenvalue weighted by atomic mass is 9.95. The monoisotopic (exact) mass is 426 g/mol. The normalized spacial score (nSPS) is 17.8. The number of H-pyrrole nitrogens is 1. The molecule has 9 heteroatoms. The quantitative estimate of drug-likeness (QED) is 0.648. The summed E-state index contributed by atoms with van der Waals surface area (Å²) in [7, 11) is -3.58. The number of nitrogens with one attached hydrogen (secondary N) is 2. The number of aryl methyl sites for hydroxylation is 3. The van der Waals surface area contributed by atoms with Crippen molar-refractivity contribution in [3.8, 4) is 0 Å². The summed E-state index contributed by atoms with van der Waals surface area (Å²) >= 11 is 0. The second kappa shape index (κ2) is 8.16. The largest absolute Gasteiger partial charge is 0.339 e. The van der Waals surface area contributed by atoms with Crippen molar-refractivity contribution >= 4 is 21.5 Å². The summed E-state index contributed by atoms with van der Waals surface area (Å²) in [4.78, 5) is 9.25. The first kappa shape index (κ1) is 20.5. The van der Waals surface area contributed by atoms with Crippen molar-refractivity contribution in [3.05, 3.63) is 59.3 Å². The zero-order valence-electron chi connectivity index (χ0n) is 17.4. The van der Waals surface area contributed by atoms with Crippen LogP contribution in [0.4, 0.5) is 11.5 Å². The Hall–Kier alpha value is -2.78. The van der Waals surface area contributed by atoms with E-state index in [1.807, 2.05) is 31.2 Å². The molecule has 158 valence electrons. The fraction of sp³-hybridized carbons (Fsp3) is 0.381. The lowest BCUT2D eigenvalue weighted by Gasteiger charge is -2.31. The molecular formula is C21H26N6O2S. The molecule has 1 aliphatic rings. The number of hydrogen-bond acceptors (Lipinski definition) is 6. The fourth-order valence-corrected chi connectivity index (χ4v) is 5.78. The molecule has 0 amide bonds. The number of rotatable bonds is 5. The summed E-state index contributed by atoms with van der Waals surface area (Å²) in [6, 6.07) is 7.83. The highest BCUT2D eigenvalue weighted by atomic mass is 32.2. The van der Waals surface area contributed by atoms with Crippen LogP contribution >= 0.6 is 0 Å². The predicted molar refractivity (Wildman–Crippen MR) is 115 cm³/mol. The summed E-state index contributed by atoms with van der Waals surface area (Å²) in [5.41, 5.74) is 3.89. The average molecular weight is 427 g/mol. The van der Waals surface area contributed by atoms with E-state index in [0.717, 1.165) is 35.6 Å². The van der Waals surface area contributed by atoms with Crippen molar-refractivity contribution in [2.24, 2.45) is 0 Å². The molecule has 0 spiro atoms. The van der Waals surface area contributed by atoms with E-state index in [0.29, 0.717) is 29.4 Å². The number of nitrogens with zero attached hydrogens (tertiary/aromatic N) is 4. The molecule has 30 heavy (non-hydrogen) atoms. The molecule has 1 aliphatic heterocycles. The summed E-state index contributed by atoms with van der Waals surface area (Å²) in [5, 5.41) is 10.1. The number of anilines is 2. The Balaban J connectivity index is 1.50.